The minimum absolute atomic E-state index is 0.507. The third-order valence-corrected chi connectivity index (χ3v) is 4.61. The highest BCUT2D eigenvalue weighted by atomic mass is 15.6. The largest absolute Gasteiger partial charge is 0.252 e. The predicted octanol–water partition coefficient (Wildman–Crippen LogP) is 2.17. The van der Waals surface area contributed by atoms with Crippen molar-refractivity contribution < 1.29 is 4.59 Å². The van der Waals surface area contributed by atoms with Crippen molar-refractivity contribution in [2.45, 2.75) is 44.1 Å². The molecular weight excluding hydrogens is 184 g/mol. The summed E-state index contributed by atoms with van der Waals surface area (Å²) in [5.41, 5.74) is 4.41. The van der Waals surface area contributed by atoms with Gasteiger partial charge in [0.1, 0.15) is 0 Å². The molecule has 4 saturated carbocycles. The van der Waals surface area contributed by atoms with E-state index in [9.17, 15) is 0 Å². The molecule has 0 atom stereocenters. The maximum Gasteiger partial charge on any atom is 0.0853 e. The van der Waals surface area contributed by atoms with Gasteiger partial charge in [0, 0.05) is 0 Å². The number of nitrogens with zero attached hydrogens (tertiary/aromatic N) is 1. The lowest BCUT2D eigenvalue weighted by molar-refractivity contribution is -0.923. The molecule has 2 nitrogen and oxygen atoms in total. The van der Waals surface area contributed by atoms with Crippen molar-refractivity contribution in [2.24, 2.45) is 17.8 Å². The molecule has 0 radical (unpaired) electrons. The van der Waals surface area contributed by atoms with E-state index in [0.29, 0.717) is 5.54 Å². The van der Waals surface area contributed by atoms with E-state index in [-0.39, 0.29) is 0 Å². The highest BCUT2D eigenvalue weighted by Gasteiger charge is 2.52. The molecule has 2 heteroatoms. The molecule has 0 spiro atoms. The normalized spacial score (nSPS) is 48.6. The Hall–Kier alpha value is -0.0800. The molecule has 4 aliphatic rings. The summed E-state index contributed by atoms with van der Waals surface area (Å²) < 4.78 is 0.923. The van der Waals surface area contributed by atoms with E-state index in [1.165, 1.54) is 38.5 Å². The Labute approximate surface area is 93.6 Å². The summed E-state index contributed by atoms with van der Waals surface area (Å²) in [6.07, 6.45) is 8.98. The quantitative estimate of drug-likeness (QED) is 0.543. The van der Waals surface area contributed by atoms with Crippen LogP contribution in [0.25, 0.3) is 0 Å². The molecular formula is C13H25N2+. The Morgan fingerprint density at radius 2 is 1.27 bits per heavy atom. The highest BCUT2D eigenvalue weighted by Crippen LogP contribution is 2.55. The number of nitrogens with one attached hydrogen (secondary N) is 1. The minimum Gasteiger partial charge on any atom is -0.252 e. The van der Waals surface area contributed by atoms with Crippen LogP contribution in [-0.2, 0) is 0 Å². The first-order valence-corrected chi connectivity index (χ1v) is 6.55. The van der Waals surface area contributed by atoms with Crippen LogP contribution in [0.2, 0.25) is 0 Å². The molecule has 0 heterocycles. The molecule has 0 aromatic carbocycles. The Morgan fingerprint density at radius 1 is 0.867 bits per heavy atom. The maximum absolute atomic E-state index is 3.90. The number of hydrogen-bond acceptors (Lipinski definition) is 1. The van der Waals surface area contributed by atoms with Crippen molar-refractivity contribution in [3.63, 3.8) is 0 Å². The Bertz CT molecular complexity index is 229. The maximum atomic E-state index is 3.90. The van der Waals surface area contributed by atoms with Gasteiger partial charge in [-0.1, -0.05) is 0 Å². The van der Waals surface area contributed by atoms with Gasteiger partial charge in [-0.05, 0) is 56.3 Å². The summed E-state index contributed by atoms with van der Waals surface area (Å²) in [5.74, 6) is 3.15. The van der Waals surface area contributed by atoms with E-state index in [2.05, 4.69) is 26.6 Å². The second kappa shape index (κ2) is 2.98. The zero-order valence-corrected chi connectivity index (χ0v) is 10.4. The molecule has 4 bridgehead atoms. The van der Waals surface area contributed by atoms with Crippen molar-refractivity contribution in [1.82, 2.24) is 5.43 Å². The molecule has 0 saturated heterocycles. The van der Waals surface area contributed by atoms with Gasteiger partial charge in [0.25, 0.3) is 0 Å². The van der Waals surface area contributed by atoms with Gasteiger partial charge in [-0.3, -0.25) is 4.59 Å². The smallest absolute Gasteiger partial charge is 0.0853 e. The zero-order chi connectivity index (χ0) is 10.7. The zero-order valence-electron chi connectivity index (χ0n) is 10.4. The number of quaternary nitrogens is 1. The lowest BCUT2D eigenvalue weighted by Crippen LogP contribution is -2.66. The van der Waals surface area contributed by atoms with E-state index < -0.39 is 0 Å². The van der Waals surface area contributed by atoms with Gasteiger partial charge in [0.15, 0.2) is 0 Å². The fourth-order valence-electron chi connectivity index (χ4n) is 4.96. The topological polar surface area (TPSA) is 12.0 Å². The number of hydrogen-bond donors (Lipinski definition) is 1. The van der Waals surface area contributed by atoms with Crippen LogP contribution >= 0.6 is 0 Å². The first-order chi connectivity index (χ1) is 6.94. The first kappa shape index (κ1) is 10.1. The van der Waals surface area contributed by atoms with E-state index in [4.69, 9.17) is 0 Å². The van der Waals surface area contributed by atoms with E-state index >= 15 is 0 Å². The SMILES string of the molecule is C[N+](C)(C)NC12CC3CC(CC(C3)C1)C2. The van der Waals surface area contributed by atoms with Gasteiger partial charge < -0.3 is 0 Å². The van der Waals surface area contributed by atoms with Gasteiger partial charge in [-0.15, -0.1) is 0 Å². The summed E-state index contributed by atoms with van der Waals surface area (Å²) >= 11 is 0. The third kappa shape index (κ3) is 1.83. The Balaban J connectivity index is 1.81. The second-order valence-electron chi connectivity index (χ2n) is 7.32. The molecule has 4 rings (SSSR count). The molecule has 1 N–H and O–H groups in total. The van der Waals surface area contributed by atoms with Crippen molar-refractivity contribution in [3.8, 4) is 0 Å². The molecule has 0 aromatic rings. The highest BCUT2D eigenvalue weighted by molar-refractivity contribution is 5.05. The van der Waals surface area contributed by atoms with Crippen molar-refractivity contribution in [2.75, 3.05) is 21.1 Å². The van der Waals surface area contributed by atoms with Crippen LogP contribution < -0.4 is 5.43 Å². The molecule has 0 aliphatic heterocycles. The predicted molar refractivity (Wildman–Crippen MR) is 62.1 cm³/mol. The third-order valence-electron chi connectivity index (χ3n) is 4.61. The molecule has 0 aromatic heterocycles. The molecule has 0 amide bonds. The van der Waals surface area contributed by atoms with Crippen LogP contribution in [0.5, 0.6) is 0 Å². The Morgan fingerprint density at radius 3 is 1.60 bits per heavy atom. The number of rotatable bonds is 2. The standard InChI is InChI=1S/C13H25N2/c1-15(2,3)14-13-7-10-4-11(8-13)6-12(5-10)9-13/h10-12,14H,4-9H2,1-3H3/q+1. The van der Waals surface area contributed by atoms with Gasteiger partial charge in [-0.25, -0.2) is 0 Å². The van der Waals surface area contributed by atoms with Crippen molar-refractivity contribution in [3.05, 3.63) is 0 Å². The van der Waals surface area contributed by atoms with E-state index in [1.807, 2.05) is 0 Å². The molecule has 4 aliphatic carbocycles. The van der Waals surface area contributed by atoms with Gasteiger partial charge in [-0.2, -0.15) is 5.43 Å². The fraction of sp³-hybridized carbons (Fsp3) is 1.00. The van der Waals surface area contributed by atoms with Gasteiger partial charge >= 0.3 is 0 Å². The van der Waals surface area contributed by atoms with Crippen LogP contribution in [0.1, 0.15) is 38.5 Å². The van der Waals surface area contributed by atoms with Crippen LogP contribution in [0.15, 0.2) is 0 Å². The second-order valence-corrected chi connectivity index (χ2v) is 7.32. The van der Waals surface area contributed by atoms with Crippen LogP contribution in [0.4, 0.5) is 0 Å². The first-order valence-electron chi connectivity index (χ1n) is 6.55. The minimum atomic E-state index is 0.507. The summed E-state index contributed by atoms with van der Waals surface area (Å²) in [5, 5.41) is 0. The van der Waals surface area contributed by atoms with Crippen molar-refractivity contribution >= 4 is 0 Å². The molecule has 15 heavy (non-hydrogen) atoms. The molecule has 4 fully saturated rings. The average Bonchev–Trinajstić information content (AvgIpc) is 1.94. The van der Waals surface area contributed by atoms with Crippen LogP contribution in [-0.4, -0.2) is 31.3 Å². The average molecular weight is 209 g/mol. The van der Waals surface area contributed by atoms with Gasteiger partial charge in [0.2, 0.25) is 0 Å². The molecule has 0 unspecified atom stereocenters. The lowest BCUT2D eigenvalue weighted by atomic mass is 9.53. The summed E-state index contributed by atoms with van der Waals surface area (Å²) in [6, 6.07) is 0. The van der Waals surface area contributed by atoms with E-state index in [1.54, 1.807) is 0 Å². The summed E-state index contributed by atoms with van der Waals surface area (Å²) in [7, 11) is 6.79. The van der Waals surface area contributed by atoms with Crippen molar-refractivity contribution in [1.29, 1.82) is 0 Å². The van der Waals surface area contributed by atoms with Gasteiger partial charge in [0.05, 0.1) is 26.7 Å². The summed E-state index contributed by atoms with van der Waals surface area (Å²) in [4.78, 5) is 0. The lowest BCUT2D eigenvalue weighted by Gasteiger charge is -2.57. The Kier molecular flexibility index (Phi) is 2.01. The molecule has 86 valence electrons. The van der Waals surface area contributed by atoms with Crippen LogP contribution in [0, 0.1) is 17.8 Å². The summed E-state index contributed by atoms with van der Waals surface area (Å²) in [6.45, 7) is 0. The fourth-order valence-corrected chi connectivity index (χ4v) is 4.96. The monoisotopic (exact) mass is 209 g/mol. The van der Waals surface area contributed by atoms with Crippen LogP contribution in [0.3, 0.4) is 0 Å². The van der Waals surface area contributed by atoms with E-state index in [0.717, 1.165) is 22.3 Å².